The summed E-state index contributed by atoms with van der Waals surface area (Å²) in [7, 11) is 0. The van der Waals surface area contributed by atoms with Crippen molar-refractivity contribution >= 4 is 50.5 Å². The lowest BCUT2D eigenvalue weighted by atomic mass is 10.1. The lowest BCUT2D eigenvalue weighted by molar-refractivity contribution is 0.0976. The zero-order chi connectivity index (χ0) is 26.4. The van der Waals surface area contributed by atoms with Crippen LogP contribution < -0.4 is 24.8 Å². The molecule has 1 amide bonds. The molecular formula is C28H29N3O4S2. The summed E-state index contributed by atoms with van der Waals surface area (Å²) >= 11 is 7.09. The highest BCUT2D eigenvalue weighted by Crippen LogP contribution is 2.39. The van der Waals surface area contributed by atoms with Crippen molar-refractivity contribution in [2.24, 2.45) is 0 Å². The molecule has 0 saturated heterocycles. The van der Waals surface area contributed by atoms with Crippen LogP contribution in [-0.2, 0) is 0 Å². The van der Waals surface area contributed by atoms with Crippen LogP contribution in [0.3, 0.4) is 0 Å². The van der Waals surface area contributed by atoms with Crippen LogP contribution in [0.5, 0.6) is 17.2 Å². The normalized spacial score (nSPS) is 10.7. The van der Waals surface area contributed by atoms with Crippen molar-refractivity contribution in [3.05, 3.63) is 65.7 Å². The molecule has 0 atom stereocenters. The molecule has 3 aromatic carbocycles. The minimum absolute atomic E-state index is 0.186. The zero-order valence-electron chi connectivity index (χ0n) is 21.2. The van der Waals surface area contributed by atoms with E-state index in [0.717, 1.165) is 32.0 Å². The number of para-hydroxylation sites is 1. The molecule has 0 aliphatic rings. The van der Waals surface area contributed by atoms with Crippen molar-refractivity contribution in [2.75, 3.05) is 25.1 Å². The third-order valence-electron chi connectivity index (χ3n) is 5.41. The average Bonchev–Trinajstić information content (AvgIpc) is 3.31. The summed E-state index contributed by atoms with van der Waals surface area (Å²) in [6.45, 7) is 8.88. The Morgan fingerprint density at radius 2 is 1.62 bits per heavy atom. The van der Waals surface area contributed by atoms with E-state index in [4.69, 9.17) is 31.4 Å². The number of benzene rings is 3. The summed E-state index contributed by atoms with van der Waals surface area (Å²) in [4.78, 5) is 17.8. The summed E-state index contributed by atoms with van der Waals surface area (Å²) in [5.41, 5.74) is 4.14. The number of aryl methyl sites for hydroxylation is 1. The van der Waals surface area contributed by atoms with Gasteiger partial charge in [-0.1, -0.05) is 12.1 Å². The molecule has 7 nitrogen and oxygen atoms in total. The Morgan fingerprint density at radius 3 is 2.24 bits per heavy atom. The van der Waals surface area contributed by atoms with E-state index < -0.39 is 0 Å². The first-order valence-electron chi connectivity index (χ1n) is 12.1. The van der Waals surface area contributed by atoms with Gasteiger partial charge >= 0.3 is 0 Å². The van der Waals surface area contributed by atoms with E-state index in [-0.39, 0.29) is 11.0 Å². The standard InChI is InChI=1S/C28H29N3O4S2/c1-5-33-22-15-19(16-23(34-6-2)25(22)35-7-3)26(32)31-28(36)30-20-13-12-18(14-17(20)4)27-29-21-10-8-9-11-24(21)37-27/h8-16H,5-7H2,1-4H3,(H2,30,31,32,36). The minimum Gasteiger partial charge on any atom is -0.490 e. The number of nitrogens with zero attached hydrogens (tertiary/aromatic N) is 1. The Morgan fingerprint density at radius 1 is 0.946 bits per heavy atom. The fourth-order valence-electron chi connectivity index (χ4n) is 3.78. The fourth-order valence-corrected chi connectivity index (χ4v) is 4.95. The van der Waals surface area contributed by atoms with Gasteiger partial charge in [-0.15, -0.1) is 11.3 Å². The number of anilines is 1. The third kappa shape index (κ3) is 6.18. The number of hydrogen-bond acceptors (Lipinski definition) is 7. The van der Waals surface area contributed by atoms with Gasteiger partial charge < -0.3 is 19.5 Å². The molecule has 0 radical (unpaired) electrons. The summed E-state index contributed by atoms with van der Waals surface area (Å²) < 4.78 is 18.3. The number of hydrogen-bond donors (Lipinski definition) is 2. The van der Waals surface area contributed by atoms with Crippen molar-refractivity contribution in [3.8, 4) is 27.8 Å². The quantitative estimate of drug-likeness (QED) is 0.234. The van der Waals surface area contributed by atoms with Crippen LogP contribution in [-0.4, -0.2) is 35.8 Å². The van der Waals surface area contributed by atoms with Gasteiger partial charge in [0.1, 0.15) is 5.01 Å². The van der Waals surface area contributed by atoms with E-state index in [0.29, 0.717) is 42.6 Å². The summed E-state index contributed by atoms with van der Waals surface area (Å²) in [5, 5.41) is 7.01. The molecule has 192 valence electrons. The molecule has 0 saturated carbocycles. The van der Waals surface area contributed by atoms with Crippen LogP contribution in [0.25, 0.3) is 20.8 Å². The molecule has 0 spiro atoms. The Bertz CT molecular complexity index is 1370. The highest BCUT2D eigenvalue weighted by atomic mass is 32.1. The van der Waals surface area contributed by atoms with Crippen molar-refractivity contribution in [1.29, 1.82) is 0 Å². The topological polar surface area (TPSA) is 81.7 Å². The van der Waals surface area contributed by atoms with Gasteiger partial charge in [0.05, 0.1) is 30.0 Å². The van der Waals surface area contributed by atoms with Crippen molar-refractivity contribution in [2.45, 2.75) is 27.7 Å². The number of carbonyl (C=O) groups is 1. The molecule has 0 fully saturated rings. The number of ether oxygens (including phenoxy) is 3. The first-order valence-corrected chi connectivity index (χ1v) is 13.3. The van der Waals surface area contributed by atoms with Crippen LogP contribution in [0.4, 0.5) is 5.69 Å². The van der Waals surface area contributed by atoms with E-state index >= 15 is 0 Å². The first kappa shape index (κ1) is 26.4. The second-order valence-electron chi connectivity index (χ2n) is 8.03. The van der Waals surface area contributed by atoms with Gasteiger partial charge in [0, 0.05) is 16.8 Å². The van der Waals surface area contributed by atoms with Gasteiger partial charge in [-0.3, -0.25) is 10.1 Å². The molecule has 9 heteroatoms. The maximum atomic E-state index is 13.0. The highest BCUT2D eigenvalue weighted by Gasteiger charge is 2.19. The molecule has 2 N–H and O–H groups in total. The maximum Gasteiger partial charge on any atom is 0.257 e. The lowest BCUT2D eigenvalue weighted by Crippen LogP contribution is -2.34. The summed E-state index contributed by atoms with van der Waals surface area (Å²) in [6.07, 6.45) is 0. The van der Waals surface area contributed by atoms with Crippen LogP contribution in [0.15, 0.2) is 54.6 Å². The predicted octanol–water partition coefficient (Wildman–Crippen LogP) is 6.59. The van der Waals surface area contributed by atoms with Gasteiger partial charge in [-0.25, -0.2) is 4.98 Å². The van der Waals surface area contributed by atoms with Gasteiger partial charge in [0.15, 0.2) is 16.6 Å². The van der Waals surface area contributed by atoms with E-state index in [2.05, 4.69) is 22.8 Å². The molecule has 0 aliphatic carbocycles. The van der Waals surface area contributed by atoms with Crippen molar-refractivity contribution < 1.29 is 19.0 Å². The molecule has 0 bridgehead atoms. The van der Waals surface area contributed by atoms with Gasteiger partial charge in [-0.05, 0) is 87.9 Å². The Hall–Kier alpha value is -3.69. The van der Waals surface area contributed by atoms with Crippen LogP contribution >= 0.6 is 23.6 Å². The predicted molar refractivity (Wildman–Crippen MR) is 153 cm³/mol. The SMILES string of the molecule is CCOc1cc(C(=O)NC(=S)Nc2ccc(-c3nc4ccccc4s3)cc2C)cc(OCC)c1OCC. The van der Waals surface area contributed by atoms with Gasteiger partial charge in [-0.2, -0.15) is 0 Å². The van der Waals surface area contributed by atoms with Gasteiger partial charge in [0.25, 0.3) is 5.91 Å². The molecule has 4 aromatic rings. The molecule has 0 aliphatic heterocycles. The Kier molecular flexibility index (Phi) is 8.58. The second-order valence-corrected chi connectivity index (χ2v) is 9.46. The molecule has 1 heterocycles. The van der Waals surface area contributed by atoms with Crippen LogP contribution in [0.1, 0.15) is 36.7 Å². The third-order valence-corrected chi connectivity index (χ3v) is 6.70. The largest absolute Gasteiger partial charge is 0.490 e. The number of amides is 1. The van der Waals surface area contributed by atoms with Crippen molar-refractivity contribution in [3.63, 3.8) is 0 Å². The monoisotopic (exact) mass is 535 g/mol. The fraction of sp³-hybridized carbons (Fsp3) is 0.250. The Labute approximate surface area is 225 Å². The number of rotatable bonds is 9. The number of nitrogens with one attached hydrogen (secondary N) is 2. The summed E-state index contributed by atoms with van der Waals surface area (Å²) in [5.74, 6) is 0.986. The average molecular weight is 536 g/mol. The van der Waals surface area contributed by atoms with E-state index in [1.165, 1.54) is 0 Å². The van der Waals surface area contributed by atoms with Crippen LogP contribution in [0.2, 0.25) is 0 Å². The number of carbonyl (C=O) groups excluding carboxylic acids is 1. The molecular weight excluding hydrogens is 506 g/mol. The first-order chi connectivity index (χ1) is 17.9. The van der Waals surface area contributed by atoms with Crippen LogP contribution in [0, 0.1) is 6.92 Å². The molecule has 4 rings (SSSR count). The zero-order valence-corrected chi connectivity index (χ0v) is 22.8. The minimum atomic E-state index is -0.383. The lowest BCUT2D eigenvalue weighted by Gasteiger charge is -2.17. The summed E-state index contributed by atoms with van der Waals surface area (Å²) in [6, 6.07) is 17.3. The maximum absolute atomic E-state index is 13.0. The molecule has 0 unspecified atom stereocenters. The van der Waals surface area contributed by atoms with E-state index in [1.54, 1.807) is 23.5 Å². The number of fused-ring (bicyclic) bond motifs is 1. The van der Waals surface area contributed by atoms with E-state index in [9.17, 15) is 4.79 Å². The molecule has 37 heavy (non-hydrogen) atoms. The van der Waals surface area contributed by atoms with Gasteiger partial charge in [0.2, 0.25) is 5.75 Å². The van der Waals surface area contributed by atoms with E-state index in [1.807, 2.05) is 58.0 Å². The second kappa shape index (κ2) is 12.0. The number of thiazole rings is 1. The molecule has 1 aromatic heterocycles. The Balaban J connectivity index is 1.49. The van der Waals surface area contributed by atoms with Crippen molar-refractivity contribution in [1.82, 2.24) is 10.3 Å². The number of aromatic nitrogens is 1. The number of thiocarbonyl (C=S) groups is 1. The smallest absolute Gasteiger partial charge is 0.257 e. The highest BCUT2D eigenvalue weighted by molar-refractivity contribution is 7.80.